The number of amides is 2. The van der Waals surface area contributed by atoms with Gasteiger partial charge in [0.25, 0.3) is 11.8 Å². The first-order valence-corrected chi connectivity index (χ1v) is 13.7. The molecule has 5 rings (SSSR count). The molecule has 0 spiro atoms. The fraction of sp³-hybridized carbons (Fsp3) is 0.235. The second-order valence-corrected chi connectivity index (χ2v) is 10.2. The average molecular weight is 536 g/mol. The first-order chi connectivity index (χ1) is 19.5. The van der Waals surface area contributed by atoms with Crippen LogP contribution in [0.3, 0.4) is 0 Å². The Morgan fingerprint density at radius 1 is 0.750 bits per heavy atom. The first-order valence-electron chi connectivity index (χ1n) is 13.7. The van der Waals surface area contributed by atoms with Crippen LogP contribution in [0.5, 0.6) is 0 Å². The second-order valence-electron chi connectivity index (χ2n) is 10.2. The van der Waals surface area contributed by atoms with E-state index in [1.807, 2.05) is 83.5 Å². The standard InChI is InChI=1S/C34H34FN3O2/c1-26-7-5-6-10-32(26)34(40)38(25-27-11-17-31(35)18-12-27)24-21-36-19-22-37(23-20-36)33(39)30-15-13-29(14-16-30)28-8-3-2-4-9-28/h2-18H,19-25H2,1H3. The molecule has 1 heterocycles. The van der Waals surface area contributed by atoms with Crippen molar-refractivity contribution in [3.8, 4) is 11.1 Å². The van der Waals surface area contributed by atoms with Crippen molar-refractivity contribution >= 4 is 11.8 Å². The number of halogens is 1. The van der Waals surface area contributed by atoms with Crippen LogP contribution in [0.15, 0.2) is 103 Å². The van der Waals surface area contributed by atoms with Crippen LogP contribution in [-0.2, 0) is 6.54 Å². The highest BCUT2D eigenvalue weighted by molar-refractivity contribution is 5.96. The van der Waals surface area contributed by atoms with Gasteiger partial charge in [-0.15, -0.1) is 0 Å². The van der Waals surface area contributed by atoms with Crippen molar-refractivity contribution in [3.05, 3.63) is 131 Å². The molecule has 1 aliphatic heterocycles. The van der Waals surface area contributed by atoms with Crippen molar-refractivity contribution in [2.24, 2.45) is 0 Å². The van der Waals surface area contributed by atoms with Gasteiger partial charge in [0.2, 0.25) is 0 Å². The number of benzene rings is 4. The molecule has 1 aliphatic rings. The maximum atomic E-state index is 13.5. The van der Waals surface area contributed by atoms with E-state index >= 15 is 0 Å². The molecule has 0 bridgehead atoms. The Kier molecular flexibility index (Phi) is 8.67. The SMILES string of the molecule is Cc1ccccc1C(=O)N(CCN1CCN(C(=O)c2ccc(-c3ccccc3)cc2)CC1)Cc1ccc(F)cc1. The summed E-state index contributed by atoms with van der Waals surface area (Å²) in [6.45, 7) is 6.37. The Hall–Kier alpha value is -4.29. The highest BCUT2D eigenvalue weighted by Crippen LogP contribution is 2.20. The Bertz CT molecular complexity index is 1430. The minimum absolute atomic E-state index is 0.0322. The summed E-state index contributed by atoms with van der Waals surface area (Å²) in [7, 11) is 0. The number of hydrogen-bond donors (Lipinski definition) is 0. The summed E-state index contributed by atoms with van der Waals surface area (Å²) in [5.41, 5.74) is 5.41. The summed E-state index contributed by atoms with van der Waals surface area (Å²) in [6.07, 6.45) is 0. The van der Waals surface area contributed by atoms with E-state index in [0.717, 1.165) is 35.3 Å². The summed E-state index contributed by atoms with van der Waals surface area (Å²) >= 11 is 0. The Labute approximate surface area is 235 Å². The fourth-order valence-electron chi connectivity index (χ4n) is 5.10. The number of hydrogen-bond acceptors (Lipinski definition) is 3. The molecule has 0 N–H and O–H groups in total. The van der Waals surface area contributed by atoms with Gasteiger partial charge >= 0.3 is 0 Å². The summed E-state index contributed by atoms with van der Waals surface area (Å²) in [5, 5.41) is 0. The van der Waals surface area contributed by atoms with E-state index in [9.17, 15) is 14.0 Å². The molecule has 0 radical (unpaired) electrons. The maximum absolute atomic E-state index is 13.5. The van der Waals surface area contributed by atoms with Gasteiger partial charge in [0, 0.05) is 56.9 Å². The van der Waals surface area contributed by atoms with Crippen LogP contribution in [0, 0.1) is 12.7 Å². The predicted octanol–water partition coefficient (Wildman–Crippen LogP) is 5.90. The molecule has 0 atom stereocenters. The molecule has 0 aliphatic carbocycles. The van der Waals surface area contributed by atoms with Crippen LogP contribution in [-0.4, -0.2) is 65.8 Å². The quantitative estimate of drug-likeness (QED) is 0.282. The Balaban J connectivity index is 1.18. The van der Waals surface area contributed by atoms with Crippen LogP contribution in [0.25, 0.3) is 11.1 Å². The molecule has 0 saturated carbocycles. The Morgan fingerprint density at radius 3 is 2.05 bits per heavy atom. The fourth-order valence-corrected chi connectivity index (χ4v) is 5.10. The topological polar surface area (TPSA) is 43.9 Å². The molecule has 6 heteroatoms. The highest BCUT2D eigenvalue weighted by Gasteiger charge is 2.24. The zero-order valence-electron chi connectivity index (χ0n) is 22.8. The predicted molar refractivity (Wildman–Crippen MR) is 157 cm³/mol. The number of piperazine rings is 1. The average Bonchev–Trinajstić information content (AvgIpc) is 3.00. The summed E-state index contributed by atoms with van der Waals surface area (Å²) < 4.78 is 13.5. The van der Waals surface area contributed by atoms with E-state index in [1.165, 1.54) is 12.1 Å². The molecule has 2 amide bonds. The van der Waals surface area contributed by atoms with Crippen LogP contribution in [0.2, 0.25) is 0 Å². The molecule has 40 heavy (non-hydrogen) atoms. The van der Waals surface area contributed by atoms with E-state index < -0.39 is 0 Å². The van der Waals surface area contributed by atoms with Crippen LogP contribution >= 0.6 is 0 Å². The van der Waals surface area contributed by atoms with Crippen molar-refractivity contribution in [3.63, 3.8) is 0 Å². The molecule has 1 fully saturated rings. The lowest BCUT2D eigenvalue weighted by molar-refractivity contribution is 0.0598. The number of aryl methyl sites for hydroxylation is 1. The monoisotopic (exact) mass is 535 g/mol. The number of carbonyl (C=O) groups excluding carboxylic acids is 2. The number of rotatable bonds is 8. The molecule has 0 aromatic heterocycles. The van der Waals surface area contributed by atoms with Crippen molar-refractivity contribution < 1.29 is 14.0 Å². The van der Waals surface area contributed by atoms with E-state index in [2.05, 4.69) is 17.0 Å². The molecular formula is C34H34FN3O2. The van der Waals surface area contributed by atoms with E-state index in [1.54, 1.807) is 12.1 Å². The third-order valence-electron chi connectivity index (χ3n) is 7.53. The van der Waals surface area contributed by atoms with Gasteiger partial charge in [0.1, 0.15) is 5.82 Å². The second kappa shape index (κ2) is 12.7. The zero-order chi connectivity index (χ0) is 27.9. The van der Waals surface area contributed by atoms with Gasteiger partial charge in [-0.05, 0) is 59.5 Å². The van der Waals surface area contributed by atoms with Crippen LogP contribution in [0.4, 0.5) is 4.39 Å². The maximum Gasteiger partial charge on any atom is 0.254 e. The van der Waals surface area contributed by atoms with Gasteiger partial charge in [-0.3, -0.25) is 14.5 Å². The van der Waals surface area contributed by atoms with E-state index in [4.69, 9.17) is 0 Å². The third kappa shape index (κ3) is 6.64. The third-order valence-corrected chi connectivity index (χ3v) is 7.53. The minimum atomic E-state index is -0.292. The molecule has 204 valence electrons. The molecule has 0 unspecified atom stereocenters. The van der Waals surface area contributed by atoms with Crippen LogP contribution < -0.4 is 0 Å². The molecule has 4 aromatic carbocycles. The van der Waals surface area contributed by atoms with Gasteiger partial charge in [0.15, 0.2) is 0 Å². The van der Waals surface area contributed by atoms with E-state index in [-0.39, 0.29) is 17.6 Å². The Morgan fingerprint density at radius 2 is 1.38 bits per heavy atom. The van der Waals surface area contributed by atoms with Gasteiger partial charge in [-0.25, -0.2) is 4.39 Å². The van der Waals surface area contributed by atoms with Crippen molar-refractivity contribution in [1.29, 1.82) is 0 Å². The smallest absolute Gasteiger partial charge is 0.254 e. The van der Waals surface area contributed by atoms with Crippen molar-refractivity contribution in [2.75, 3.05) is 39.3 Å². The molecule has 4 aromatic rings. The van der Waals surface area contributed by atoms with Gasteiger partial charge in [0.05, 0.1) is 0 Å². The normalized spacial score (nSPS) is 13.7. The largest absolute Gasteiger partial charge is 0.336 e. The van der Waals surface area contributed by atoms with Gasteiger partial charge < -0.3 is 9.80 Å². The highest BCUT2D eigenvalue weighted by atomic mass is 19.1. The zero-order valence-corrected chi connectivity index (χ0v) is 22.8. The van der Waals surface area contributed by atoms with Crippen molar-refractivity contribution in [2.45, 2.75) is 13.5 Å². The minimum Gasteiger partial charge on any atom is -0.336 e. The summed E-state index contributed by atoms with van der Waals surface area (Å²) in [6, 6.07) is 31.8. The first kappa shape index (κ1) is 27.3. The lowest BCUT2D eigenvalue weighted by Gasteiger charge is -2.36. The molecule has 1 saturated heterocycles. The lowest BCUT2D eigenvalue weighted by Crippen LogP contribution is -2.50. The summed E-state index contributed by atoms with van der Waals surface area (Å²) in [5.74, 6) is -0.276. The molecule has 5 nitrogen and oxygen atoms in total. The number of carbonyl (C=O) groups is 2. The number of nitrogens with zero attached hydrogens (tertiary/aromatic N) is 3. The summed E-state index contributed by atoms with van der Waals surface area (Å²) in [4.78, 5) is 32.7. The van der Waals surface area contributed by atoms with Crippen LogP contribution in [0.1, 0.15) is 31.8 Å². The van der Waals surface area contributed by atoms with Gasteiger partial charge in [-0.2, -0.15) is 0 Å². The lowest BCUT2D eigenvalue weighted by atomic mass is 10.0. The van der Waals surface area contributed by atoms with E-state index in [0.29, 0.717) is 43.9 Å². The van der Waals surface area contributed by atoms with Crippen molar-refractivity contribution in [1.82, 2.24) is 14.7 Å². The molecular weight excluding hydrogens is 501 g/mol. The van der Waals surface area contributed by atoms with Gasteiger partial charge in [-0.1, -0.05) is 72.8 Å².